The van der Waals surface area contributed by atoms with Crippen LogP contribution in [0.4, 0.5) is 0 Å². The summed E-state index contributed by atoms with van der Waals surface area (Å²) < 4.78 is 0. The van der Waals surface area contributed by atoms with Gasteiger partial charge in [0.1, 0.15) is 5.65 Å². The smallest absolute Gasteiger partial charge is 0.137 e. The Morgan fingerprint density at radius 3 is 3.08 bits per heavy atom. The van der Waals surface area contributed by atoms with Gasteiger partial charge < -0.3 is 4.98 Å². The highest BCUT2D eigenvalue weighted by Crippen LogP contribution is 2.15. The topological polar surface area (TPSA) is 28.7 Å². The molecule has 12 heavy (non-hydrogen) atoms. The molecule has 2 nitrogen and oxygen atoms in total. The van der Waals surface area contributed by atoms with E-state index in [0.717, 1.165) is 17.8 Å². The minimum Gasteiger partial charge on any atom is -0.346 e. The Kier molecular flexibility index (Phi) is 1.61. The second-order valence-corrected chi connectivity index (χ2v) is 3.00. The van der Waals surface area contributed by atoms with Gasteiger partial charge in [-0.2, -0.15) is 0 Å². The fourth-order valence-corrected chi connectivity index (χ4v) is 1.48. The number of rotatable bonds is 1. The van der Waals surface area contributed by atoms with Crippen LogP contribution in [-0.4, -0.2) is 9.97 Å². The summed E-state index contributed by atoms with van der Waals surface area (Å²) in [4.78, 5) is 7.55. The van der Waals surface area contributed by atoms with E-state index >= 15 is 0 Å². The first kappa shape index (κ1) is 7.35. The van der Waals surface area contributed by atoms with Crippen molar-refractivity contribution in [2.75, 3.05) is 0 Å². The third-order valence-corrected chi connectivity index (χ3v) is 2.21. The first-order chi connectivity index (χ1) is 5.81. The van der Waals surface area contributed by atoms with Crippen molar-refractivity contribution < 1.29 is 0 Å². The summed E-state index contributed by atoms with van der Waals surface area (Å²) in [6, 6.07) is 4.26. The number of nitrogens with one attached hydrogen (secondary N) is 1. The van der Waals surface area contributed by atoms with Gasteiger partial charge in [0.2, 0.25) is 0 Å². The minimum atomic E-state index is 0.990. The van der Waals surface area contributed by atoms with Crippen LogP contribution in [0.5, 0.6) is 0 Å². The molecule has 0 bridgehead atoms. The van der Waals surface area contributed by atoms with Gasteiger partial charge in [0.05, 0.1) is 0 Å². The molecule has 0 saturated carbocycles. The summed E-state index contributed by atoms with van der Waals surface area (Å²) in [6.45, 7) is 4.21. The monoisotopic (exact) mass is 160 g/mol. The van der Waals surface area contributed by atoms with E-state index in [-0.39, 0.29) is 0 Å². The van der Waals surface area contributed by atoms with Gasteiger partial charge in [-0.1, -0.05) is 6.92 Å². The fourth-order valence-electron chi connectivity index (χ4n) is 1.48. The van der Waals surface area contributed by atoms with Gasteiger partial charge in [-0.15, -0.1) is 0 Å². The molecule has 2 rings (SSSR count). The number of aromatic amines is 1. The van der Waals surface area contributed by atoms with Crippen molar-refractivity contribution in [3.05, 3.63) is 29.6 Å². The van der Waals surface area contributed by atoms with Gasteiger partial charge in [-0.25, -0.2) is 4.98 Å². The quantitative estimate of drug-likeness (QED) is 0.682. The Balaban J connectivity index is 2.73. The number of aryl methyl sites for hydroxylation is 2. The molecule has 0 aromatic carbocycles. The molecule has 0 atom stereocenters. The van der Waals surface area contributed by atoms with Crippen LogP contribution < -0.4 is 0 Å². The summed E-state index contributed by atoms with van der Waals surface area (Å²) in [6.07, 6.45) is 2.98. The van der Waals surface area contributed by atoms with E-state index < -0.39 is 0 Å². The number of nitrogens with zero attached hydrogens (tertiary/aromatic N) is 1. The zero-order valence-electron chi connectivity index (χ0n) is 7.39. The van der Waals surface area contributed by atoms with Crippen molar-refractivity contribution in [1.82, 2.24) is 9.97 Å². The van der Waals surface area contributed by atoms with E-state index in [4.69, 9.17) is 0 Å². The van der Waals surface area contributed by atoms with Gasteiger partial charge in [0.15, 0.2) is 0 Å². The molecule has 0 aliphatic rings. The van der Waals surface area contributed by atoms with Crippen molar-refractivity contribution >= 4 is 11.0 Å². The van der Waals surface area contributed by atoms with E-state index in [2.05, 4.69) is 35.9 Å². The Morgan fingerprint density at radius 2 is 2.33 bits per heavy atom. The summed E-state index contributed by atoms with van der Waals surface area (Å²) in [5.74, 6) is 0. The predicted octanol–water partition coefficient (Wildman–Crippen LogP) is 2.43. The fraction of sp³-hybridized carbons (Fsp3) is 0.300. The van der Waals surface area contributed by atoms with E-state index in [9.17, 15) is 0 Å². The Morgan fingerprint density at radius 1 is 1.50 bits per heavy atom. The first-order valence-electron chi connectivity index (χ1n) is 4.25. The zero-order valence-corrected chi connectivity index (χ0v) is 7.39. The van der Waals surface area contributed by atoms with E-state index in [1.54, 1.807) is 0 Å². The summed E-state index contributed by atoms with van der Waals surface area (Å²) in [5, 5.41) is 1.21. The normalized spacial score (nSPS) is 10.8. The maximum Gasteiger partial charge on any atom is 0.137 e. The number of hydrogen-bond donors (Lipinski definition) is 1. The number of hydrogen-bond acceptors (Lipinski definition) is 1. The molecule has 0 amide bonds. The minimum absolute atomic E-state index is 0.990. The highest BCUT2D eigenvalue weighted by Gasteiger charge is 2.00. The molecule has 0 radical (unpaired) electrons. The van der Waals surface area contributed by atoms with Crippen LogP contribution >= 0.6 is 0 Å². The summed E-state index contributed by atoms with van der Waals surface area (Å²) in [5.41, 5.74) is 3.46. The van der Waals surface area contributed by atoms with Crippen molar-refractivity contribution in [2.24, 2.45) is 0 Å². The highest BCUT2D eigenvalue weighted by atomic mass is 14.8. The molecule has 62 valence electrons. The lowest BCUT2D eigenvalue weighted by Crippen LogP contribution is -1.90. The summed E-state index contributed by atoms with van der Waals surface area (Å²) in [7, 11) is 0. The van der Waals surface area contributed by atoms with Gasteiger partial charge in [-0.3, -0.25) is 0 Å². The average molecular weight is 160 g/mol. The SMILES string of the molecule is CCc1cc2cc[nH]c2nc1C. The van der Waals surface area contributed by atoms with Gasteiger partial charge in [0.25, 0.3) is 0 Å². The van der Waals surface area contributed by atoms with Crippen LogP contribution in [0.1, 0.15) is 18.2 Å². The molecular weight excluding hydrogens is 148 g/mol. The van der Waals surface area contributed by atoms with Crippen LogP contribution in [0.3, 0.4) is 0 Å². The Hall–Kier alpha value is -1.31. The second-order valence-electron chi connectivity index (χ2n) is 3.00. The molecular formula is C10H12N2. The van der Waals surface area contributed by atoms with Crippen LogP contribution in [0.15, 0.2) is 18.3 Å². The Bertz CT molecular complexity index is 401. The molecule has 0 saturated heterocycles. The van der Waals surface area contributed by atoms with Crippen LogP contribution in [0, 0.1) is 6.92 Å². The molecule has 2 heterocycles. The largest absolute Gasteiger partial charge is 0.346 e. The third kappa shape index (κ3) is 0.998. The molecule has 0 spiro atoms. The second kappa shape index (κ2) is 2.63. The number of fused-ring (bicyclic) bond motifs is 1. The van der Waals surface area contributed by atoms with E-state index in [1.807, 2.05) is 6.20 Å². The van der Waals surface area contributed by atoms with Crippen LogP contribution in [0.2, 0.25) is 0 Å². The molecule has 1 N–H and O–H groups in total. The Labute approximate surface area is 71.6 Å². The highest BCUT2D eigenvalue weighted by molar-refractivity contribution is 5.76. The average Bonchev–Trinajstić information content (AvgIpc) is 2.49. The molecule has 0 fully saturated rings. The first-order valence-corrected chi connectivity index (χ1v) is 4.25. The standard InChI is InChI=1S/C10H12N2/c1-3-8-6-9-4-5-11-10(9)12-7(8)2/h4-6H,3H2,1-2H3,(H,11,12). The van der Waals surface area contributed by atoms with E-state index in [1.165, 1.54) is 10.9 Å². The molecule has 0 unspecified atom stereocenters. The van der Waals surface area contributed by atoms with Crippen LogP contribution in [0.25, 0.3) is 11.0 Å². The van der Waals surface area contributed by atoms with E-state index in [0.29, 0.717) is 0 Å². The van der Waals surface area contributed by atoms with Gasteiger partial charge >= 0.3 is 0 Å². The van der Waals surface area contributed by atoms with Crippen molar-refractivity contribution in [3.63, 3.8) is 0 Å². The summed E-state index contributed by atoms with van der Waals surface area (Å²) >= 11 is 0. The lowest BCUT2D eigenvalue weighted by molar-refractivity contribution is 1.06. The lowest BCUT2D eigenvalue weighted by atomic mass is 10.1. The van der Waals surface area contributed by atoms with Crippen LogP contribution in [-0.2, 0) is 6.42 Å². The maximum atomic E-state index is 4.45. The van der Waals surface area contributed by atoms with Gasteiger partial charge in [0, 0.05) is 17.3 Å². The number of H-pyrrole nitrogens is 1. The molecule has 0 aliphatic heterocycles. The zero-order chi connectivity index (χ0) is 8.55. The van der Waals surface area contributed by atoms with Gasteiger partial charge in [-0.05, 0) is 31.0 Å². The molecule has 2 aromatic rings. The molecule has 2 heteroatoms. The lowest BCUT2D eigenvalue weighted by Gasteiger charge is -2.00. The number of pyridine rings is 1. The molecule has 2 aromatic heterocycles. The maximum absolute atomic E-state index is 4.45. The van der Waals surface area contributed by atoms with Crippen molar-refractivity contribution in [3.8, 4) is 0 Å². The third-order valence-electron chi connectivity index (χ3n) is 2.21. The van der Waals surface area contributed by atoms with Crippen molar-refractivity contribution in [1.29, 1.82) is 0 Å². The predicted molar refractivity (Wildman–Crippen MR) is 50.2 cm³/mol. The van der Waals surface area contributed by atoms with Crippen molar-refractivity contribution in [2.45, 2.75) is 20.3 Å². The number of aromatic nitrogens is 2. The molecule has 0 aliphatic carbocycles.